The van der Waals surface area contributed by atoms with Crippen molar-refractivity contribution in [2.75, 3.05) is 4.72 Å². The molecule has 20 heavy (non-hydrogen) atoms. The zero-order valence-corrected chi connectivity index (χ0v) is 11.1. The number of anilines is 1. The van der Waals surface area contributed by atoms with Crippen molar-refractivity contribution in [2.45, 2.75) is 0 Å². The maximum atomic E-state index is 13.3. The zero-order chi connectivity index (χ0) is 14.6. The number of sulfonamides is 1. The van der Waals surface area contributed by atoms with Crippen molar-refractivity contribution in [2.24, 2.45) is 0 Å². The maximum absolute atomic E-state index is 13.3. The van der Waals surface area contributed by atoms with E-state index in [2.05, 4.69) is 0 Å². The molecule has 0 atom stereocenters. The van der Waals surface area contributed by atoms with Crippen LogP contribution in [-0.2, 0) is 10.0 Å². The molecule has 0 aromatic heterocycles. The van der Waals surface area contributed by atoms with Crippen molar-refractivity contribution < 1.29 is 17.2 Å². The Labute approximate surface area is 115 Å². The second kappa shape index (κ2) is 5.83. The lowest BCUT2D eigenvalue weighted by atomic mass is 10.2. The molecule has 0 radical (unpaired) electrons. The Morgan fingerprint density at radius 2 is 1.70 bits per heavy atom. The van der Waals surface area contributed by atoms with Crippen LogP contribution in [0.1, 0.15) is 5.56 Å². The molecule has 0 aliphatic heterocycles. The van der Waals surface area contributed by atoms with Gasteiger partial charge >= 0.3 is 0 Å². The molecule has 0 amide bonds. The van der Waals surface area contributed by atoms with Gasteiger partial charge in [-0.1, -0.05) is 30.3 Å². The molecule has 1 N–H and O–H groups in total. The van der Waals surface area contributed by atoms with Crippen LogP contribution in [0.5, 0.6) is 0 Å². The summed E-state index contributed by atoms with van der Waals surface area (Å²) < 4.78 is 51.8. The lowest BCUT2D eigenvalue weighted by molar-refractivity contribution is 0.598. The number of rotatable bonds is 4. The van der Waals surface area contributed by atoms with Crippen LogP contribution < -0.4 is 4.72 Å². The molecular formula is C14H11F2NO2S. The number of hydrogen-bond donors (Lipinski definition) is 1. The van der Waals surface area contributed by atoms with Crippen molar-refractivity contribution >= 4 is 21.8 Å². The minimum atomic E-state index is -3.91. The Kier molecular flexibility index (Phi) is 4.14. The van der Waals surface area contributed by atoms with Crippen LogP contribution in [-0.4, -0.2) is 8.42 Å². The quantitative estimate of drug-likeness (QED) is 0.940. The molecule has 0 spiro atoms. The fourth-order valence-corrected chi connectivity index (χ4v) is 2.36. The lowest BCUT2D eigenvalue weighted by Crippen LogP contribution is -2.10. The van der Waals surface area contributed by atoms with Crippen molar-refractivity contribution in [3.63, 3.8) is 0 Å². The Morgan fingerprint density at radius 1 is 1.00 bits per heavy atom. The zero-order valence-electron chi connectivity index (χ0n) is 10.3. The second-order valence-electron chi connectivity index (χ2n) is 3.98. The van der Waals surface area contributed by atoms with Gasteiger partial charge in [-0.3, -0.25) is 4.72 Å². The van der Waals surface area contributed by atoms with Crippen molar-refractivity contribution in [3.8, 4) is 0 Å². The van der Waals surface area contributed by atoms with Crippen LogP contribution >= 0.6 is 0 Å². The summed E-state index contributed by atoms with van der Waals surface area (Å²) >= 11 is 0. The normalized spacial score (nSPS) is 11.7. The van der Waals surface area contributed by atoms with E-state index < -0.39 is 27.3 Å². The predicted octanol–water partition coefficient (Wildman–Crippen LogP) is 3.38. The second-order valence-corrected chi connectivity index (χ2v) is 5.55. The summed E-state index contributed by atoms with van der Waals surface area (Å²) in [6, 6.07) is 11.3. The molecule has 0 heterocycles. The third-order valence-electron chi connectivity index (χ3n) is 2.42. The monoisotopic (exact) mass is 295 g/mol. The summed E-state index contributed by atoms with van der Waals surface area (Å²) in [5.41, 5.74) is 0.250. The fourth-order valence-electron chi connectivity index (χ4n) is 1.50. The SMILES string of the molecule is O=S(=O)(/C=C/c1ccccc1)Nc1cc(F)ccc1F. The van der Waals surface area contributed by atoms with E-state index in [4.69, 9.17) is 0 Å². The summed E-state index contributed by atoms with van der Waals surface area (Å²) in [6.45, 7) is 0. The van der Waals surface area contributed by atoms with E-state index >= 15 is 0 Å². The van der Waals surface area contributed by atoms with Crippen molar-refractivity contribution in [1.29, 1.82) is 0 Å². The molecule has 0 aliphatic carbocycles. The Bertz CT molecular complexity index is 728. The molecule has 0 aliphatic rings. The van der Waals surface area contributed by atoms with Crippen LogP contribution in [0.4, 0.5) is 14.5 Å². The van der Waals surface area contributed by atoms with Crippen LogP contribution in [0.2, 0.25) is 0 Å². The van der Waals surface area contributed by atoms with Crippen LogP contribution in [0.3, 0.4) is 0 Å². The first-order chi connectivity index (χ1) is 9.46. The number of nitrogens with one attached hydrogen (secondary N) is 1. The van der Waals surface area contributed by atoms with E-state index in [-0.39, 0.29) is 0 Å². The predicted molar refractivity (Wildman–Crippen MR) is 74.4 cm³/mol. The van der Waals surface area contributed by atoms with Gasteiger partial charge in [0.05, 0.1) is 11.1 Å². The van der Waals surface area contributed by atoms with Gasteiger partial charge in [-0.25, -0.2) is 17.2 Å². The Morgan fingerprint density at radius 3 is 2.40 bits per heavy atom. The van der Waals surface area contributed by atoms with E-state index in [1.54, 1.807) is 30.3 Å². The smallest absolute Gasteiger partial charge is 0.255 e. The van der Waals surface area contributed by atoms with Gasteiger partial charge in [-0.15, -0.1) is 0 Å². The first kappa shape index (κ1) is 14.2. The molecule has 0 unspecified atom stereocenters. The summed E-state index contributed by atoms with van der Waals surface area (Å²) in [6.07, 6.45) is 1.36. The highest BCUT2D eigenvalue weighted by molar-refractivity contribution is 7.95. The van der Waals surface area contributed by atoms with Gasteiger partial charge in [-0.2, -0.15) is 0 Å². The highest BCUT2D eigenvalue weighted by Gasteiger charge is 2.10. The molecule has 0 saturated carbocycles. The first-order valence-electron chi connectivity index (χ1n) is 5.67. The molecule has 0 fully saturated rings. The minimum Gasteiger partial charge on any atom is -0.277 e. The van der Waals surface area contributed by atoms with Gasteiger partial charge in [0, 0.05) is 6.07 Å². The largest absolute Gasteiger partial charge is 0.277 e. The molecule has 0 bridgehead atoms. The molecule has 6 heteroatoms. The third-order valence-corrected chi connectivity index (χ3v) is 3.42. The van der Waals surface area contributed by atoms with Crippen molar-refractivity contribution in [3.05, 3.63) is 71.1 Å². The van der Waals surface area contributed by atoms with Crippen LogP contribution in [0.25, 0.3) is 6.08 Å². The minimum absolute atomic E-state index is 0.428. The topological polar surface area (TPSA) is 46.2 Å². The van der Waals surface area contributed by atoms with E-state index in [0.717, 1.165) is 23.6 Å². The van der Waals surface area contributed by atoms with E-state index in [1.807, 2.05) is 4.72 Å². The molecule has 0 saturated heterocycles. The molecular weight excluding hydrogens is 284 g/mol. The number of halogens is 2. The van der Waals surface area contributed by atoms with Gasteiger partial charge in [0.15, 0.2) is 0 Å². The highest BCUT2D eigenvalue weighted by atomic mass is 32.2. The van der Waals surface area contributed by atoms with Gasteiger partial charge in [0.1, 0.15) is 11.6 Å². The molecule has 2 rings (SSSR count). The van der Waals surface area contributed by atoms with Gasteiger partial charge in [0.2, 0.25) is 0 Å². The summed E-state index contributed by atoms with van der Waals surface area (Å²) in [4.78, 5) is 0. The van der Waals surface area contributed by atoms with Crippen molar-refractivity contribution in [1.82, 2.24) is 0 Å². The Hall–Kier alpha value is -2.21. The van der Waals surface area contributed by atoms with Gasteiger partial charge < -0.3 is 0 Å². The highest BCUT2D eigenvalue weighted by Crippen LogP contribution is 2.17. The molecule has 104 valence electrons. The summed E-state index contributed by atoms with van der Waals surface area (Å²) in [7, 11) is -3.91. The molecule has 3 nitrogen and oxygen atoms in total. The molecule has 2 aromatic carbocycles. The first-order valence-corrected chi connectivity index (χ1v) is 7.22. The van der Waals surface area contributed by atoms with E-state index in [0.29, 0.717) is 5.56 Å². The summed E-state index contributed by atoms with van der Waals surface area (Å²) in [5.74, 6) is -1.57. The molecule has 2 aromatic rings. The average Bonchev–Trinajstić information content (AvgIpc) is 2.42. The van der Waals surface area contributed by atoms with E-state index in [9.17, 15) is 17.2 Å². The maximum Gasteiger partial charge on any atom is 0.255 e. The Balaban J connectivity index is 2.19. The third kappa shape index (κ3) is 3.89. The lowest BCUT2D eigenvalue weighted by Gasteiger charge is -2.05. The van der Waals surface area contributed by atoms with Gasteiger partial charge in [-0.05, 0) is 23.8 Å². The van der Waals surface area contributed by atoms with Crippen LogP contribution in [0.15, 0.2) is 53.9 Å². The van der Waals surface area contributed by atoms with Crippen LogP contribution in [0, 0.1) is 11.6 Å². The average molecular weight is 295 g/mol. The standard InChI is InChI=1S/C14H11F2NO2S/c15-12-6-7-13(16)14(10-12)17-20(18,19)9-8-11-4-2-1-3-5-11/h1-10,17H/b9-8+. The fraction of sp³-hybridized carbons (Fsp3) is 0. The van der Waals surface area contributed by atoms with Gasteiger partial charge in [0.25, 0.3) is 10.0 Å². The number of hydrogen-bond acceptors (Lipinski definition) is 2. The number of benzene rings is 2. The summed E-state index contributed by atoms with van der Waals surface area (Å²) in [5, 5.41) is 0.896. The van der Waals surface area contributed by atoms with E-state index in [1.165, 1.54) is 6.08 Å².